The molecule has 0 saturated carbocycles. The first-order valence-corrected chi connectivity index (χ1v) is 8.96. The SMILES string of the molecule is CCCNC(c1cccc(OC(C)C)c1)c1ccc(Br)s1. The lowest BCUT2D eigenvalue weighted by atomic mass is 10.0. The Balaban J connectivity index is 2.27. The molecule has 4 heteroatoms. The van der Waals surface area contributed by atoms with E-state index >= 15 is 0 Å². The Labute approximate surface area is 139 Å². The minimum atomic E-state index is 0.193. The number of benzene rings is 1. The minimum Gasteiger partial charge on any atom is -0.491 e. The molecule has 21 heavy (non-hydrogen) atoms. The molecule has 0 amide bonds. The zero-order valence-electron chi connectivity index (χ0n) is 12.7. The van der Waals surface area contributed by atoms with Gasteiger partial charge in [0.05, 0.1) is 15.9 Å². The van der Waals surface area contributed by atoms with Gasteiger partial charge in [-0.05, 0) is 72.6 Å². The second-order valence-corrected chi connectivity index (χ2v) is 7.76. The van der Waals surface area contributed by atoms with Gasteiger partial charge in [0.2, 0.25) is 0 Å². The molecule has 1 aromatic heterocycles. The summed E-state index contributed by atoms with van der Waals surface area (Å²) in [6, 6.07) is 12.9. The fourth-order valence-corrected chi connectivity index (χ4v) is 3.72. The van der Waals surface area contributed by atoms with E-state index in [0.717, 1.165) is 22.5 Å². The molecule has 114 valence electrons. The average Bonchev–Trinajstić information content (AvgIpc) is 2.85. The van der Waals surface area contributed by atoms with Crippen molar-refractivity contribution in [2.24, 2.45) is 0 Å². The Morgan fingerprint density at radius 2 is 2.05 bits per heavy atom. The van der Waals surface area contributed by atoms with Gasteiger partial charge in [0.1, 0.15) is 5.75 Å². The molecule has 1 unspecified atom stereocenters. The Hall–Kier alpha value is -0.840. The molecule has 1 atom stereocenters. The standard InChI is InChI=1S/C17H22BrNOS/c1-4-10-19-17(15-8-9-16(18)21-15)13-6-5-7-14(11-13)20-12(2)3/h5-9,11-12,17,19H,4,10H2,1-3H3. The summed E-state index contributed by atoms with van der Waals surface area (Å²) in [4.78, 5) is 1.32. The van der Waals surface area contributed by atoms with Crippen LogP contribution in [0, 0.1) is 0 Å². The first-order chi connectivity index (χ1) is 10.1. The van der Waals surface area contributed by atoms with E-state index in [0.29, 0.717) is 0 Å². The Kier molecular flexibility index (Phi) is 6.27. The maximum Gasteiger partial charge on any atom is 0.120 e. The predicted octanol–water partition coefficient (Wildman–Crippen LogP) is 5.39. The van der Waals surface area contributed by atoms with Crippen molar-refractivity contribution >= 4 is 27.3 Å². The molecule has 0 radical (unpaired) electrons. The van der Waals surface area contributed by atoms with Crippen molar-refractivity contribution in [2.45, 2.75) is 39.3 Å². The zero-order chi connectivity index (χ0) is 15.2. The van der Waals surface area contributed by atoms with Gasteiger partial charge in [0.25, 0.3) is 0 Å². The molecule has 1 aromatic carbocycles. The summed E-state index contributed by atoms with van der Waals surface area (Å²) in [5.74, 6) is 0.932. The number of rotatable bonds is 7. The normalized spacial score (nSPS) is 12.6. The van der Waals surface area contributed by atoms with Gasteiger partial charge in [-0.3, -0.25) is 0 Å². The van der Waals surface area contributed by atoms with E-state index < -0.39 is 0 Å². The maximum absolute atomic E-state index is 5.82. The van der Waals surface area contributed by atoms with Crippen molar-refractivity contribution in [3.63, 3.8) is 0 Å². The fourth-order valence-electron chi connectivity index (χ4n) is 2.19. The van der Waals surface area contributed by atoms with Crippen molar-refractivity contribution in [3.05, 3.63) is 50.6 Å². The smallest absolute Gasteiger partial charge is 0.120 e. The van der Waals surface area contributed by atoms with Gasteiger partial charge >= 0.3 is 0 Å². The van der Waals surface area contributed by atoms with Gasteiger partial charge in [-0.1, -0.05) is 19.1 Å². The van der Waals surface area contributed by atoms with Crippen LogP contribution >= 0.6 is 27.3 Å². The van der Waals surface area contributed by atoms with E-state index in [1.807, 2.05) is 6.07 Å². The van der Waals surface area contributed by atoms with Gasteiger partial charge in [-0.2, -0.15) is 0 Å². The summed E-state index contributed by atoms with van der Waals surface area (Å²) in [6.07, 6.45) is 1.31. The summed E-state index contributed by atoms with van der Waals surface area (Å²) in [6.45, 7) is 7.29. The maximum atomic E-state index is 5.82. The molecule has 0 fully saturated rings. The third kappa shape index (κ3) is 4.83. The van der Waals surface area contributed by atoms with Gasteiger partial charge in [-0.15, -0.1) is 11.3 Å². The summed E-state index contributed by atoms with van der Waals surface area (Å²) < 4.78 is 6.98. The van der Waals surface area contributed by atoms with E-state index in [2.05, 4.69) is 72.3 Å². The number of thiophene rings is 1. The van der Waals surface area contributed by atoms with E-state index in [-0.39, 0.29) is 12.1 Å². The quantitative estimate of drug-likeness (QED) is 0.708. The Morgan fingerprint density at radius 1 is 1.24 bits per heavy atom. The first-order valence-electron chi connectivity index (χ1n) is 7.35. The predicted molar refractivity (Wildman–Crippen MR) is 94.4 cm³/mol. The molecule has 0 bridgehead atoms. The summed E-state index contributed by atoms with van der Waals surface area (Å²) in [7, 11) is 0. The van der Waals surface area contributed by atoms with Crippen LogP contribution in [0.3, 0.4) is 0 Å². The lowest BCUT2D eigenvalue weighted by Gasteiger charge is -2.19. The van der Waals surface area contributed by atoms with Gasteiger partial charge in [0.15, 0.2) is 0 Å². The highest BCUT2D eigenvalue weighted by molar-refractivity contribution is 9.11. The van der Waals surface area contributed by atoms with Crippen LogP contribution in [0.5, 0.6) is 5.75 Å². The molecule has 2 aromatic rings. The van der Waals surface area contributed by atoms with Crippen molar-refractivity contribution in [1.82, 2.24) is 5.32 Å². The minimum absolute atomic E-state index is 0.193. The summed E-state index contributed by atoms with van der Waals surface area (Å²) >= 11 is 5.33. The highest BCUT2D eigenvalue weighted by Crippen LogP contribution is 2.32. The van der Waals surface area contributed by atoms with Crippen LogP contribution in [0.25, 0.3) is 0 Å². The number of halogens is 1. The topological polar surface area (TPSA) is 21.3 Å². The van der Waals surface area contributed by atoms with Gasteiger partial charge in [-0.25, -0.2) is 0 Å². The third-order valence-electron chi connectivity index (χ3n) is 3.04. The van der Waals surface area contributed by atoms with E-state index in [4.69, 9.17) is 4.74 Å². The Morgan fingerprint density at radius 3 is 2.67 bits per heavy atom. The van der Waals surface area contributed by atoms with Crippen molar-refractivity contribution in [2.75, 3.05) is 6.54 Å². The average molecular weight is 368 g/mol. The second-order valence-electron chi connectivity index (χ2n) is 5.27. The zero-order valence-corrected chi connectivity index (χ0v) is 15.1. The molecule has 2 nitrogen and oxygen atoms in total. The van der Waals surface area contributed by atoms with E-state index in [9.17, 15) is 0 Å². The monoisotopic (exact) mass is 367 g/mol. The lowest BCUT2D eigenvalue weighted by molar-refractivity contribution is 0.242. The second kappa shape index (κ2) is 7.97. The van der Waals surface area contributed by atoms with Crippen LogP contribution in [0.15, 0.2) is 40.2 Å². The summed E-state index contributed by atoms with van der Waals surface area (Å²) in [5, 5.41) is 3.63. The number of hydrogen-bond donors (Lipinski definition) is 1. The van der Waals surface area contributed by atoms with Crippen molar-refractivity contribution in [3.8, 4) is 5.75 Å². The number of hydrogen-bond acceptors (Lipinski definition) is 3. The molecule has 1 heterocycles. The third-order valence-corrected chi connectivity index (χ3v) is 4.73. The van der Waals surface area contributed by atoms with Crippen LogP contribution in [0.4, 0.5) is 0 Å². The molecule has 0 saturated heterocycles. The molecule has 0 aliphatic carbocycles. The highest BCUT2D eigenvalue weighted by atomic mass is 79.9. The molecular formula is C17H22BrNOS. The van der Waals surface area contributed by atoms with E-state index in [1.54, 1.807) is 11.3 Å². The molecule has 0 spiro atoms. The highest BCUT2D eigenvalue weighted by Gasteiger charge is 2.16. The largest absolute Gasteiger partial charge is 0.491 e. The van der Waals surface area contributed by atoms with Crippen LogP contribution in [-0.4, -0.2) is 12.6 Å². The Bertz CT molecular complexity index is 567. The molecule has 1 N–H and O–H groups in total. The molecular weight excluding hydrogens is 346 g/mol. The van der Waals surface area contributed by atoms with Crippen LogP contribution in [-0.2, 0) is 0 Å². The summed E-state index contributed by atoms with van der Waals surface area (Å²) in [5.41, 5.74) is 1.25. The van der Waals surface area contributed by atoms with Gasteiger partial charge in [0, 0.05) is 4.88 Å². The van der Waals surface area contributed by atoms with Crippen LogP contribution < -0.4 is 10.1 Å². The number of nitrogens with one attached hydrogen (secondary N) is 1. The van der Waals surface area contributed by atoms with Crippen LogP contribution in [0.2, 0.25) is 0 Å². The van der Waals surface area contributed by atoms with Crippen molar-refractivity contribution in [1.29, 1.82) is 0 Å². The molecule has 0 aliphatic rings. The molecule has 2 rings (SSSR count). The number of ether oxygens (including phenoxy) is 1. The van der Waals surface area contributed by atoms with E-state index in [1.165, 1.54) is 10.4 Å². The lowest BCUT2D eigenvalue weighted by Crippen LogP contribution is -2.22. The molecule has 0 aliphatic heterocycles. The first kappa shape index (κ1) is 16.5. The van der Waals surface area contributed by atoms with Crippen LogP contribution in [0.1, 0.15) is 43.7 Å². The van der Waals surface area contributed by atoms with Crippen molar-refractivity contribution < 1.29 is 4.74 Å². The van der Waals surface area contributed by atoms with Gasteiger partial charge < -0.3 is 10.1 Å². The fraction of sp³-hybridized carbons (Fsp3) is 0.412.